The van der Waals surface area contributed by atoms with Gasteiger partial charge in [-0.3, -0.25) is 0 Å². The summed E-state index contributed by atoms with van der Waals surface area (Å²) in [5, 5.41) is 18.6. The average Bonchev–Trinajstić information content (AvgIpc) is 2.69. The average molecular weight is 397 g/mol. The molecular formula is C24H44O4. The lowest BCUT2D eigenvalue weighted by molar-refractivity contribution is -0.142. The van der Waals surface area contributed by atoms with Crippen LogP contribution >= 0.6 is 0 Å². The predicted molar refractivity (Wildman–Crippen MR) is 116 cm³/mol. The van der Waals surface area contributed by atoms with Gasteiger partial charge in [0.05, 0.1) is 18.6 Å². The highest BCUT2D eigenvalue weighted by Crippen LogP contribution is 2.20. The minimum absolute atomic E-state index is 0.00173. The van der Waals surface area contributed by atoms with Crippen molar-refractivity contribution in [3.05, 3.63) is 0 Å². The summed E-state index contributed by atoms with van der Waals surface area (Å²) in [6.07, 6.45) is 15.5. The molecule has 0 atom stereocenters. The van der Waals surface area contributed by atoms with Gasteiger partial charge in [0.15, 0.2) is 0 Å². The third-order valence-corrected chi connectivity index (χ3v) is 5.45. The molecule has 4 nitrogen and oxygen atoms in total. The zero-order valence-electron chi connectivity index (χ0n) is 18.6. The Bertz CT molecular complexity index is 421. The summed E-state index contributed by atoms with van der Waals surface area (Å²) >= 11 is 0. The van der Waals surface area contributed by atoms with Gasteiger partial charge in [0.1, 0.15) is 6.61 Å². The largest absolute Gasteiger partial charge is 0.455 e. The number of hydrogen-bond donors (Lipinski definition) is 2. The van der Waals surface area contributed by atoms with Crippen molar-refractivity contribution >= 4 is 5.97 Å². The van der Waals surface area contributed by atoms with Gasteiger partial charge in [0, 0.05) is 12.3 Å². The number of esters is 1. The Kier molecular flexibility index (Phi) is 17.3. The molecule has 0 fully saturated rings. The summed E-state index contributed by atoms with van der Waals surface area (Å²) in [5.41, 5.74) is -0.759. The van der Waals surface area contributed by atoms with Crippen LogP contribution in [0.15, 0.2) is 0 Å². The first-order valence-electron chi connectivity index (χ1n) is 11.4. The first kappa shape index (κ1) is 27.0. The van der Waals surface area contributed by atoms with E-state index in [0.29, 0.717) is 12.8 Å². The normalized spacial score (nSPS) is 11.4. The van der Waals surface area contributed by atoms with E-state index >= 15 is 0 Å². The SMILES string of the molecule is CCC(CO)(CO)COC(=O)C#CCCCCCCCCCCCCC(C)C. The lowest BCUT2D eigenvalue weighted by Crippen LogP contribution is -2.35. The number of aliphatic hydroxyl groups excluding tert-OH is 2. The number of rotatable bonds is 17. The number of carbonyl (C=O) groups is 1. The topological polar surface area (TPSA) is 66.8 Å². The number of aliphatic hydroxyl groups is 2. The van der Waals surface area contributed by atoms with E-state index in [1.807, 2.05) is 6.92 Å². The minimum Gasteiger partial charge on any atom is -0.455 e. The lowest BCUT2D eigenvalue weighted by Gasteiger charge is -2.26. The first-order valence-corrected chi connectivity index (χ1v) is 11.4. The Hall–Kier alpha value is -1.05. The summed E-state index contributed by atoms with van der Waals surface area (Å²) in [4.78, 5) is 11.6. The van der Waals surface area contributed by atoms with E-state index in [1.54, 1.807) is 0 Å². The van der Waals surface area contributed by atoms with Gasteiger partial charge in [0.2, 0.25) is 0 Å². The standard InChI is InChI=1S/C24H44O4/c1-4-24(19-25,20-26)21-28-23(27)18-16-14-12-10-8-6-5-7-9-11-13-15-17-22(2)3/h22,25-26H,4-15,17,19-21H2,1-3H3. The Balaban J connectivity index is 3.53. The highest BCUT2D eigenvalue weighted by Gasteiger charge is 2.28. The highest BCUT2D eigenvalue weighted by atomic mass is 16.5. The van der Waals surface area contributed by atoms with Crippen molar-refractivity contribution in [2.24, 2.45) is 11.3 Å². The van der Waals surface area contributed by atoms with Gasteiger partial charge in [-0.05, 0) is 18.8 Å². The van der Waals surface area contributed by atoms with Crippen LogP contribution in [-0.4, -0.2) is 36.0 Å². The van der Waals surface area contributed by atoms with Crippen LogP contribution in [0.5, 0.6) is 0 Å². The van der Waals surface area contributed by atoms with Gasteiger partial charge >= 0.3 is 5.97 Å². The van der Waals surface area contributed by atoms with Gasteiger partial charge < -0.3 is 14.9 Å². The molecule has 0 aromatic heterocycles. The smallest absolute Gasteiger partial charge is 0.384 e. The summed E-state index contributed by atoms with van der Waals surface area (Å²) in [5.74, 6) is 5.63. The molecule has 2 N–H and O–H groups in total. The molecule has 0 aliphatic carbocycles. The second kappa shape index (κ2) is 18.0. The molecule has 4 heteroatoms. The van der Waals surface area contributed by atoms with Crippen LogP contribution in [-0.2, 0) is 9.53 Å². The van der Waals surface area contributed by atoms with Gasteiger partial charge in [-0.1, -0.05) is 90.9 Å². The number of carbonyl (C=O) groups excluding carboxylic acids is 1. The lowest BCUT2D eigenvalue weighted by atomic mass is 9.88. The number of unbranched alkanes of at least 4 members (excludes halogenated alkanes) is 10. The van der Waals surface area contributed by atoms with E-state index in [4.69, 9.17) is 4.74 Å². The number of ether oxygens (including phenoxy) is 1. The molecule has 0 radical (unpaired) electrons. The Labute approximate surface area is 173 Å². The van der Waals surface area contributed by atoms with Crippen LogP contribution in [0.4, 0.5) is 0 Å². The second-order valence-electron chi connectivity index (χ2n) is 8.52. The molecule has 0 spiro atoms. The van der Waals surface area contributed by atoms with Gasteiger partial charge in [0.25, 0.3) is 0 Å². The fraction of sp³-hybridized carbons (Fsp3) is 0.875. The van der Waals surface area contributed by atoms with E-state index < -0.39 is 11.4 Å². The summed E-state index contributed by atoms with van der Waals surface area (Å²) in [6, 6.07) is 0. The van der Waals surface area contributed by atoms with Crippen molar-refractivity contribution < 1.29 is 19.7 Å². The molecule has 0 bridgehead atoms. The van der Waals surface area contributed by atoms with Crippen molar-refractivity contribution in [1.29, 1.82) is 0 Å². The Morgan fingerprint density at radius 2 is 1.39 bits per heavy atom. The van der Waals surface area contributed by atoms with Crippen molar-refractivity contribution in [1.82, 2.24) is 0 Å². The maximum Gasteiger partial charge on any atom is 0.384 e. The first-order chi connectivity index (χ1) is 13.5. The van der Waals surface area contributed by atoms with Crippen LogP contribution in [0, 0.1) is 23.2 Å². The van der Waals surface area contributed by atoms with E-state index in [1.165, 1.54) is 57.8 Å². The quantitative estimate of drug-likeness (QED) is 0.152. The molecule has 0 aromatic rings. The summed E-state index contributed by atoms with van der Waals surface area (Å²) in [7, 11) is 0. The van der Waals surface area contributed by atoms with Crippen LogP contribution in [0.25, 0.3) is 0 Å². The van der Waals surface area contributed by atoms with Crippen molar-refractivity contribution in [2.75, 3.05) is 19.8 Å². The summed E-state index contributed by atoms with van der Waals surface area (Å²) in [6.45, 7) is 6.02. The Morgan fingerprint density at radius 3 is 1.86 bits per heavy atom. The van der Waals surface area contributed by atoms with Crippen LogP contribution in [0.3, 0.4) is 0 Å². The zero-order valence-corrected chi connectivity index (χ0v) is 18.6. The molecule has 0 aliphatic rings. The molecule has 28 heavy (non-hydrogen) atoms. The molecule has 0 aliphatic heterocycles. The second-order valence-corrected chi connectivity index (χ2v) is 8.52. The molecule has 0 saturated carbocycles. The summed E-state index contributed by atoms with van der Waals surface area (Å²) < 4.78 is 5.07. The third kappa shape index (κ3) is 14.9. The fourth-order valence-electron chi connectivity index (χ4n) is 3.04. The van der Waals surface area contributed by atoms with Crippen LogP contribution < -0.4 is 0 Å². The minimum atomic E-state index is -0.759. The van der Waals surface area contributed by atoms with Crippen molar-refractivity contribution in [3.63, 3.8) is 0 Å². The highest BCUT2D eigenvalue weighted by molar-refractivity contribution is 5.88. The third-order valence-electron chi connectivity index (χ3n) is 5.45. The molecule has 0 heterocycles. The van der Waals surface area contributed by atoms with Crippen LogP contribution in [0.1, 0.15) is 104 Å². The molecular weight excluding hydrogens is 352 g/mol. The van der Waals surface area contributed by atoms with Crippen LogP contribution in [0.2, 0.25) is 0 Å². The fourth-order valence-corrected chi connectivity index (χ4v) is 3.04. The molecule has 0 amide bonds. The van der Waals surface area contributed by atoms with E-state index in [0.717, 1.165) is 18.8 Å². The predicted octanol–water partition coefficient (Wildman–Crippen LogP) is 5.25. The maximum absolute atomic E-state index is 11.6. The van der Waals surface area contributed by atoms with Gasteiger partial charge in [-0.2, -0.15) is 0 Å². The zero-order chi connectivity index (χ0) is 21.1. The molecule has 164 valence electrons. The Morgan fingerprint density at radius 1 is 0.893 bits per heavy atom. The van der Waals surface area contributed by atoms with Crippen molar-refractivity contribution in [2.45, 2.75) is 104 Å². The molecule has 0 unspecified atom stereocenters. The molecule has 0 rings (SSSR count). The van der Waals surface area contributed by atoms with E-state index in [9.17, 15) is 15.0 Å². The van der Waals surface area contributed by atoms with E-state index in [-0.39, 0.29) is 19.8 Å². The number of hydrogen-bond acceptors (Lipinski definition) is 4. The van der Waals surface area contributed by atoms with Gasteiger partial charge in [-0.25, -0.2) is 4.79 Å². The maximum atomic E-state index is 11.6. The van der Waals surface area contributed by atoms with Crippen molar-refractivity contribution in [3.8, 4) is 11.8 Å². The van der Waals surface area contributed by atoms with Gasteiger partial charge in [-0.15, -0.1) is 0 Å². The monoisotopic (exact) mass is 396 g/mol. The molecule has 0 aromatic carbocycles. The molecule has 0 saturated heterocycles. The van der Waals surface area contributed by atoms with E-state index in [2.05, 4.69) is 25.7 Å².